The van der Waals surface area contributed by atoms with Gasteiger partial charge in [-0.3, -0.25) is 4.79 Å². The van der Waals surface area contributed by atoms with E-state index in [1.807, 2.05) is 49.5 Å². The van der Waals surface area contributed by atoms with Gasteiger partial charge in [-0.2, -0.15) is 0 Å². The van der Waals surface area contributed by atoms with Crippen molar-refractivity contribution in [1.82, 2.24) is 5.32 Å². The highest BCUT2D eigenvalue weighted by Gasteiger charge is 2.40. The molecule has 2 aliphatic heterocycles. The monoisotopic (exact) mass is 472 g/mol. The lowest BCUT2D eigenvalue weighted by Crippen LogP contribution is -2.59. The van der Waals surface area contributed by atoms with Crippen molar-refractivity contribution >= 4 is 5.91 Å². The Bertz CT molecular complexity index is 855. The second-order valence-corrected chi connectivity index (χ2v) is 8.48. The van der Waals surface area contributed by atoms with E-state index in [0.29, 0.717) is 6.54 Å². The highest BCUT2D eigenvalue weighted by atomic mass is 16.7. The van der Waals surface area contributed by atoms with Crippen molar-refractivity contribution in [2.24, 2.45) is 11.7 Å². The smallest absolute Gasteiger partial charge is 0.243 e. The topological polar surface area (TPSA) is 134 Å². The molecule has 8 heteroatoms. The van der Waals surface area contributed by atoms with Gasteiger partial charge in [-0.1, -0.05) is 85.9 Å². The maximum Gasteiger partial charge on any atom is 0.243 e. The number of carbonyl (C=O) groups is 1. The van der Waals surface area contributed by atoms with Crippen LogP contribution in [0.15, 0.2) is 85.1 Å². The minimum absolute atomic E-state index is 0.141. The first kappa shape index (κ1) is 27.7. The van der Waals surface area contributed by atoms with Gasteiger partial charge in [0.1, 0.15) is 23.9 Å². The van der Waals surface area contributed by atoms with Gasteiger partial charge >= 0.3 is 0 Å². The molecule has 7 unspecified atom stereocenters. The van der Waals surface area contributed by atoms with Gasteiger partial charge in [-0.15, -0.1) is 0 Å². The van der Waals surface area contributed by atoms with Crippen LogP contribution in [0.2, 0.25) is 0 Å². The fourth-order valence-corrected chi connectivity index (χ4v) is 3.15. The second kappa shape index (κ2) is 14.0. The van der Waals surface area contributed by atoms with Crippen LogP contribution in [0.1, 0.15) is 13.8 Å². The Kier molecular flexibility index (Phi) is 11.4. The molecule has 0 saturated carbocycles. The summed E-state index contributed by atoms with van der Waals surface area (Å²) in [7, 11) is 0. The molecule has 2 aliphatic rings. The zero-order valence-electron chi connectivity index (χ0n) is 19.6. The number of amides is 1. The Morgan fingerprint density at radius 3 is 2.32 bits per heavy atom. The summed E-state index contributed by atoms with van der Waals surface area (Å²) in [5.41, 5.74) is 4.46. The molecule has 7 atom stereocenters. The van der Waals surface area contributed by atoms with Gasteiger partial charge in [-0.25, -0.2) is 0 Å². The largest absolute Gasteiger partial charge is 0.389 e. The molecule has 0 aliphatic carbocycles. The summed E-state index contributed by atoms with van der Waals surface area (Å²) < 4.78 is 11.3. The third kappa shape index (κ3) is 9.34. The molecule has 0 aromatic carbocycles. The van der Waals surface area contributed by atoms with Crippen molar-refractivity contribution in [2.75, 3.05) is 13.2 Å². The van der Waals surface area contributed by atoms with Gasteiger partial charge in [-0.05, 0) is 12.8 Å². The SMILES string of the molecule is CC1/C=C/C=C\C=C\C=C\C=C\C(OC2OCC(O)C(O)C2N)C(C)(O)/C=C/C=C\C(=O)NC1. The summed E-state index contributed by atoms with van der Waals surface area (Å²) in [6.45, 7) is 3.90. The van der Waals surface area contributed by atoms with Crippen LogP contribution in [0.4, 0.5) is 0 Å². The Balaban J connectivity index is 2.23. The number of aliphatic hydroxyl groups excluding tert-OH is 2. The van der Waals surface area contributed by atoms with E-state index >= 15 is 0 Å². The summed E-state index contributed by atoms with van der Waals surface area (Å²) in [4.78, 5) is 12.0. The lowest BCUT2D eigenvalue weighted by Gasteiger charge is -2.39. The first-order valence-electron chi connectivity index (χ1n) is 11.3. The fourth-order valence-electron chi connectivity index (χ4n) is 3.15. The van der Waals surface area contributed by atoms with Gasteiger partial charge in [0, 0.05) is 12.6 Å². The van der Waals surface area contributed by atoms with Gasteiger partial charge in [0.2, 0.25) is 5.91 Å². The minimum Gasteiger partial charge on any atom is -0.389 e. The van der Waals surface area contributed by atoms with E-state index in [2.05, 4.69) is 5.32 Å². The number of ether oxygens (including phenoxy) is 2. The van der Waals surface area contributed by atoms with Crippen molar-refractivity contribution < 1.29 is 29.6 Å². The van der Waals surface area contributed by atoms with Gasteiger partial charge in [0.05, 0.1) is 12.6 Å². The van der Waals surface area contributed by atoms with Crippen LogP contribution in [-0.4, -0.2) is 70.6 Å². The number of allylic oxidation sites excluding steroid dienone is 10. The molecular formula is C26H36N2O6. The molecule has 0 radical (unpaired) electrons. The quantitative estimate of drug-likeness (QED) is 0.407. The molecule has 1 saturated heterocycles. The predicted molar refractivity (Wildman–Crippen MR) is 131 cm³/mol. The number of nitrogens with two attached hydrogens (primary N) is 1. The molecule has 0 aromatic heterocycles. The lowest BCUT2D eigenvalue weighted by molar-refractivity contribution is -0.251. The van der Waals surface area contributed by atoms with Crippen LogP contribution in [0.25, 0.3) is 0 Å². The molecule has 186 valence electrons. The average molecular weight is 473 g/mol. The maximum atomic E-state index is 12.0. The molecule has 34 heavy (non-hydrogen) atoms. The van der Waals surface area contributed by atoms with Gasteiger partial charge in [0.25, 0.3) is 0 Å². The summed E-state index contributed by atoms with van der Waals surface area (Å²) in [6, 6.07) is -0.997. The Morgan fingerprint density at radius 2 is 1.65 bits per heavy atom. The fraction of sp³-hybridized carbons (Fsp3) is 0.423. The lowest BCUT2D eigenvalue weighted by atomic mass is 9.96. The number of aliphatic hydroxyl groups is 3. The number of hydrogen-bond donors (Lipinski definition) is 5. The number of carbonyl (C=O) groups excluding carboxylic acids is 1. The summed E-state index contributed by atoms with van der Waals surface area (Å²) >= 11 is 0. The van der Waals surface area contributed by atoms with Crippen LogP contribution < -0.4 is 11.1 Å². The van der Waals surface area contributed by atoms with Crippen LogP contribution in [0.5, 0.6) is 0 Å². The van der Waals surface area contributed by atoms with E-state index in [1.165, 1.54) is 18.2 Å². The van der Waals surface area contributed by atoms with Crippen LogP contribution >= 0.6 is 0 Å². The van der Waals surface area contributed by atoms with Crippen molar-refractivity contribution in [2.45, 2.75) is 50.1 Å². The standard InChI is InChI=1S/C26H36N2O6/c1-19-13-9-7-5-3-4-6-8-10-14-21(34-25-23(27)24(31)20(29)18-33-25)26(2,32)16-12-11-15-22(30)28-17-19/h3-16,19-21,23-25,29,31-32H,17-18,27H2,1-2H3,(H,28,30)/b4-3+,7-5-,8-6+,13-9+,14-10+,15-11-,16-12+. The number of nitrogens with one attached hydrogen (secondary N) is 1. The van der Waals surface area contributed by atoms with E-state index in [4.69, 9.17) is 15.2 Å². The second-order valence-electron chi connectivity index (χ2n) is 8.48. The van der Waals surface area contributed by atoms with E-state index < -0.39 is 36.2 Å². The molecule has 6 N–H and O–H groups in total. The molecule has 0 bridgehead atoms. The van der Waals surface area contributed by atoms with E-state index in [-0.39, 0.29) is 18.4 Å². The van der Waals surface area contributed by atoms with Crippen LogP contribution in [0.3, 0.4) is 0 Å². The maximum absolute atomic E-state index is 12.0. The van der Waals surface area contributed by atoms with Gasteiger partial charge in [0.15, 0.2) is 6.29 Å². The van der Waals surface area contributed by atoms with Crippen molar-refractivity contribution in [3.63, 3.8) is 0 Å². The molecular weight excluding hydrogens is 436 g/mol. The number of rotatable bonds is 2. The molecule has 2 heterocycles. The van der Waals surface area contributed by atoms with Gasteiger partial charge < -0.3 is 35.8 Å². The summed E-state index contributed by atoms with van der Waals surface area (Å²) in [6.07, 6.45) is 20.1. The normalized spacial score (nSPS) is 42.5. The van der Waals surface area contributed by atoms with E-state index in [9.17, 15) is 20.1 Å². The Morgan fingerprint density at radius 1 is 1.03 bits per heavy atom. The average Bonchev–Trinajstić information content (AvgIpc) is 2.80. The van der Waals surface area contributed by atoms with E-state index in [1.54, 1.807) is 31.2 Å². The molecule has 0 spiro atoms. The molecule has 0 aromatic rings. The zero-order chi connectivity index (χ0) is 25.0. The van der Waals surface area contributed by atoms with Crippen LogP contribution in [-0.2, 0) is 14.3 Å². The highest BCUT2D eigenvalue weighted by Crippen LogP contribution is 2.23. The first-order chi connectivity index (χ1) is 16.2. The third-order valence-corrected chi connectivity index (χ3v) is 5.28. The van der Waals surface area contributed by atoms with Crippen LogP contribution in [0, 0.1) is 5.92 Å². The highest BCUT2D eigenvalue weighted by molar-refractivity contribution is 5.87. The van der Waals surface area contributed by atoms with E-state index in [0.717, 1.165) is 0 Å². The zero-order valence-corrected chi connectivity index (χ0v) is 19.6. The molecule has 2 rings (SSSR count). The van der Waals surface area contributed by atoms with Crippen molar-refractivity contribution in [3.8, 4) is 0 Å². The molecule has 8 nitrogen and oxygen atoms in total. The summed E-state index contributed by atoms with van der Waals surface area (Å²) in [5.74, 6) is -0.0758. The predicted octanol–water partition coefficient (Wildman–Crippen LogP) is 1.19. The Labute approximate surface area is 201 Å². The van der Waals surface area contributed by atoms with Crippen molar-refractivity contribution in [1.29, 1.82) is 0 Å². The minimum atomic E-state index is -1.51. The third-order valence-electron chi connectivity index (χ3n) is 5.28. The number of hydrogen-bond acceptors (Lipinski definition) is 7. The molecule has 1 amide bonds. The first-order valence-corrected chi connectivity index (χ1v) is 11.3. The van der Waals surface area contributed by atoms with Crippen molar-refractivity contribution in [3.05, 3.63) is 85.1 Å². The molecule has 1 fully saturated rings. The summed E-state index contributed by atoms with van der Waals surface area (Å²) in [5, 5.41) is 33.7. The Hall–Kier alpha value is -2.59.